The molecule has 0 radical (unpaired) electrons. The number of amides is 1. The number of hydrogen-bond acceptors (Lipinski definition) is 5. The topological polar surface area (TPSA) is 81.5 Å². The van der Waals surface area contributed by atoms with Crippen LogP contribution in [0.2, 0.25) is 0 Å². The number of carbonyl (C=O) groups excluding carboxylic acids is 2. The van der Waals surface area contributed by atoms with Crippen LogP contribution in [0.5, 0.6) is 0 Å². The molecule has 0 aliphatic heterocycles. The summed E-state index contributed by atoms with van der Waals surface area (Å²) in [5.41, 5.74) is 0.758. The van der Waals surface area contributed by atoms with E-state index < -0.39 is 5.97 Å². The summed E-state index contributed by atoms with van der Waals surface area (Å²) in [7, 11) is 1.32. The molecule has 32 heavy (non-hydrogen) atoms. The fourth-order valence-electron chi connectivity index (χ4n) is 3.66. The maximum Gasteiger partial charge on any atom is 0.339 e. The molecule has 0 aliphatic rings. The molecule has 2 aromatic rings. The van der Waals surface area contributed by atoms with Gasteiger partial charge in [-0.2, -0.15) is 5.10 Å². The summed E-state index contributed by atoms with van der Waals surface area (Å²) in [5, 5.41) is 4.34. The molecule has 1 aromatic heterocycles. The van der Waals surface area contributed by atoms with Crippen molar-refractivity contribution in [3.63, 3.8) is 0 Å². The molecule has 1 atom stereocenters. The lowest BCUT2D eigenvalue weighted by Gasteiger charge is -2.30. The molecule has 0 saturated heterocycles. The number of nitrogens with zero attached hydrogens (tertiary/aromatic N) is 3. The highest BCUT2D eigenvalue weighted by Crippen LogP contribution is 2.27. The van der Waals surface area contributed by atoms with Crippen LogP contribution < -0.4 is 10.5 Å². The number of hydrogen-bond donors (Lipinski definition) is 0. The molecule has 0 spiro atoms. The predicted molar refractivity (Wildman–Crippen MR) is 126 cm³/mol. The van der Waals surface area contributed by atoms with Crippen molar-refractivity contribution in [2.45, 2.75) is 78.3 Å². The number of methoxy groups -OCH3 is 1. The Balaban J connectivity index is 2.46. The number of rotatable bonds is 12. The minimum Gasteiger partial charge on any atom is -0.465 e. The molecule has 0 aliphatic carbocycles. The first-order valence-electron chi connectivity index (χ1n) is 11.5. The minimum absolute atomic E-state index is 0.164. The van der Waals surface area contributed by atoms with E-state index >= 15 is 0 Å². The second-order valence-electron chi connectivity index (χ2n) is 8.02. The number of para-hydroxylation sites is 1. The quantitative estimate of drug-likeness (QED) is 0.348. The largest absolute Gasteiger partial charge is 0.465 e. The van der Waals surface area contributed by atoms with Crippen molar-refractivity contribution >= 4 is 17.6 Å². The van der Waals surface area contributed by atoms with Crippen molar-refractivity contribution in [3.8, 4) is 0 Å². The maximum absolute atomic E-state index is 13.7. The Kier molecular flexibility index (Phi) is 10.1. The Morgan fingerprint density at radius 2 is 1.75 bits per heavy atom. The lowest BCUT2D eigenvalue weighted by Crippen LogP contribution is -2.41. The highest BCUT2D eigenvalue weighted by atomic mass is 16.5. The first-order valence-corrected chi connectivity index (χ1v) is 11.5. The smallest absolute Gasteiger partial charge is 0.339 e. The van der Waals surface area contributed by atoms with E-state index in [9.17, 15) is 14.4 Å². The highest BCUT2D eigenvalue weighted by molar-refractivity contribution is 6.09. The average Bonchev–Trinajstić information content (AvgIpc) is 2.81. The molecule has 7 heteroatoms. The van der Waals surface area contributed by atoms with E-state index in [1.54, 1.807) is 29.2 Å². The Morgan fingerprint density at radius 3 is 2.44 bits per heavy atom. The van der Waals surface area contributed by atoms with E-state index in [2.05, 4.69) is 12.0 Å². The molecule has 0 bridgehead atoms. The third-order valence-corrected chi connectivity index (χ3v) is 5.51. The lowest BCUT2D eigenvalue weighted by molar-refractivity contribution is 0.0601. The van der Waals surface area contributed by atoms with Crippen LogP contribution in [0.4, 0.5) is 5.69 Å². The third-order valence-electron chi connectivity index (χ3n) is 5.51. The average molecular weight is 442 g/mol. The summed E-state index contributed by atoms with van der Waals surface area (Å²) in [5.74, 6) is -0.841. The molecule has 0 fully saturated rings. The molecular weight excluding hydrogens is 406 g/mol. The van der Waals surface area contributed by atoms with Crippen LogP contribution >= 0.6 is 0 Å². The molecule has 1 amide bonds. The normalized spacial score (nSPS) is 11.8. The zero-order valence-corrected chi connectivity index (χ0v) is 19.7. The van der Waals surface area contributed by atoms with Crippen LogP contribution in [0, 0.1) is 0 Å². The molecule has 7 nitrogen and oxygen atoms in total. The van der Waals surface area contributed by atoms with E-state index in [1.165, 1.54) is 23.9 Å². The van der Waals surface area contributed by atoms with Crippen molar-refractivity contribution in [3.05, 3.63) is 58.0 Å². The van der Waals surface area contributed by atoms with Gasteiger partial charge in [0, 0.05) is 18.7 Å². The molecular formula is C25H35N3O4. The van der Waals surface area contributed by atoms with Crippen LogP contribution in [0.1, 0.15) is 86.6 Å². The van der Waals surface area contributed by atoms with E-state index in [0.29, 0.717) is 17.8 Å². The van der Waals surface area contributed by atoms with Gasteiger partial charge >= 0.3 is 5.97 Å². The van der Waals surface area contributed by atoms with Crippen molar-refractivity contribution in [1.82, 2.24) is 9.78 Å². The molecule has 1 unspecified atom stereocenters. The first kappa shape index (κ1) is 25.3. The van der Waals surface area contributed by atoms with Gasteiger partial charge in [0.25, 0.3) is 11.5 Å². The van der Waals surface area contributed by atoms with Crippen molar-refractivity contribution in [2.24, 2.45) is 0 Å². The summed E-state index contributed by atoms with van der Waals surface area (Å²) in [4.78, 5) is 39.9. The summed E-state index contributed by atoms with van der Waals surface area (Å²) in [6.07, 6.45) is 6.84. The van der Waals surface area contributed by atoms with Gasteiger partial charge in [0.2, 0.25) is 0 Å². The van der Waals surface area contributed by atoms with Crippen LogP contribution in [-0.4, -0.2) is 34.8 Å². The number of anilines is 1. The standard InChI is InChI=1S/C25H35N3O4/c1-5-7-9-10-13-19(3)28(22-15-12-11-14-20(22)25(31)32-4)24(30)21-16-17-23(29)27(26-21)18-8-6-2/h11-12,14-17,19H,5-10,13,18H2,1-4H3. The molecule has 174 valence electrons. The van der Waals surface area contributed by atoms with Gasteiger partial charge in [-0.15, -0.1) is 0 Å². The van der Waals surface area contributed by atoms with Gasteiger partial charge in [0.15, 0.2) is 0 Å². The molecule has 1 aromatic carbocycles. The zero-order valence-electron chi connectivity index (χ0n) is 19.7. The van der Waals surface area contributed by atoms with Crippen LogP contribution in [0.25, 0.3) is 0 Å². The predicted octanol–water partition coefficient (Wildman–Crippen LogP) is 4.84. The molecule has 0 N–H and O–H groups in total. The number of ether oxygens (including phenoxy) is 1. The van der Waals surface area contributed by atoms with Gasteiger partial charge in [-0.05, 0) is 38.0 Å². The van der Waals surface area contributed by atoms with Gasteiger partial charge < -0.3 is 9.64 Å². The Labute approximate surface area is 190 Å². The van der Waals surface area contributed by atoms with Crippen molar-refractivity contribution < 1.29 is 14.3 Å². The van der Waals surface area contributed by atoms with Crippen LogP contribution in [0.15, 0.2) is 41.2 Å². The number of benzene rings is 1. The van der Waals surface area contributed by atoms with Gasteiger partial charge in [-0.3, -0.25) is 9.59 Å². The lowest BCUT2D eigenvalue weighted by atomic mass is 10.0. The number of aryl methyl sites for hydroxylation is 1. The Bertz CT molecular complexity index is 954. The summed E-state index contributed by atoms with van der Waals surface area (Å²) < 4.78 is 6.29. The maximum atomic E-state index is 13.7. The number of carbonyl (C=O) groups is 2. The van der Waals surface area contributed by atoms with E-state index in [4.69, 9.17) is 4.74 Å². The van der Waals surface area contributed by atoms with Gasteiger partial charge in [-0.1, -0.05) is 58.1 Å². The minimum atomic E-state index is -0.502. The SMILES string of the molecule is CCCCCCC(C)N(C(=O)c1ccc(=O)n(CCCC)n1)c1ccccc1C(=O)OC. The van der Waals surface area contributed by atoms with E-state index in [0.717, 1.165) is 44.9 Å². The van der Waals surface area contributed by atoms with Gasteiger partial charge in [0.1, 0.15) is 5.69 Å². The second-order valence-corrected chi connectivity index (χ2v) is 8.02. The monoisotopic (exact) mass is 441 g/mol. The Morgan fingerprint density at radius 1 is 1.03 bits per heavy atom. The van der Waals surface area contributed by atoms with Crippen LogP contribution in [0.3, 0.4) is 0 Å². The highest BCUT2D eigenvalue weighted by Gasteiger charge is 2.28. The number of unbranched alkanes of at least 4 members (excludes halogenated alkanes) is 4. The van der Waals surface area contributed by atoms with Crippen molar-refractivity contribution in [2.75, 3.05) is 12.0 Å². The van der Waals surface area contributed by atoms with Crippen LogP contribution in [-0.2, 0) is 11.3 Å². The second kappa shape index (κ2) is 12.8. The summed E-state index contributed by atoms with van der Waals surface area (Å²) in [6.45, 7) is 6.63. The fourth-order valence-corrected chi connectivity index (χ4v) is 3.66. The Hall–Kier alpha value is -2.96. The van der Waals surface area contributed by atoms with Crippen molar-refractivity contribution in [1.29, 1.82) is 0 Å². The third kappa shape index (κ3) is 6.52. The van der Waals surface area contributed by atoms with Gasteiger partial charge in [-0.25, -0.2) is 9.48 Å². The number of aromatic nitrogens is 2. The van der Waals surface area contributed by atoms with E-state index in [-0.39, 0.29) is 23.2 Å². The molecule has 2 rings (SSSR count). The summed E-state index contributed by atoms with van der Waals surface area (Å²) >= 11 is 0. The van der Waals surface area contributed by atoms with Gasteiger partial charge in [0.05, 0.1) is 18.4 Å². The molecule has 1 heterocycles. The first-order chi connectivity index (χ1) is 15.4. The fraction of sp³-hybridized carbons (Fsp3) is 0.520. The van der Waals surface area contributed by atoms with E-state index in [1.807, 2.05) is 13.8 Å². The summed E-state index contributed by atoms with van der Waals surface area (Å²) in [6, 6.07) is 9.62. The number of esters is 1. The molecule has 0 saturated carbocycles. The zero-order chi connectivity index (χ0) is 23.5.